The fourth-order valence-corrected chi connectivity index (χ4v) is 2.97. The lowest BCUT2D eigenvalue weighted by Crippen LogP contribution is -2.31. The van der Waals surface area contributed by atoms with E-state index in [-0.39, 0.29) is 6.61 Å². The van der Waals surface area contributed by atoms with Gasteiger partial charge in [-0.2, -0.15) is 0 Å². The van der Waals surface area contributed by atoms with E-state index in [1.165, 1.54) is 27.7 Å². The number of carbonyl (C=O) groups is 2. The molecular weight excluding hydrogens is 400 g/mol. The molecule has 0 aromatic heterocycles. The summed E-state index contributed by atoms with van der Waals surface area (Å²) in [6.45, 7) is 5.09. The van der Waals surface area contributed by atoms with Gasteiger partial charge in [0.05, 0.1) is 13.2 Å². The molecule has 0 aliphatic rings. The van der Waals surface area contributed by atoms with Gasteiger partial charge in [-0.1, -0.05) is 48.5 Å². The molecule has 7 nitrogen and oxygen atoms in total. The maximum Gasteiger partial charge on any atom is 0.193 e. The van der Waals surface area contributed by atoms with Crippen molar-refractivity contribution >= 4 is 11.6 Å². The van der Waals surface area contributed by atoms with Gasteiger partial charge in [0.2, 0.25) is 0 Å². The van der Waals surface area contributed by atoms with Gasteiger partial charge in [0, 0.05) is 11.1 Å². The minimum absolute atomic E-state index is 0.129. The molecule has 0 fully saturated rings. The lowest BCUT2D eigenvalue weighted by atomic mass is 9.92. The summed E-state index contributed by atoms with van der Waals surface area (Å²) in [5.41, 5.74) is -0.942. The van der Waals surface area contributed by atoms with Crippen LogP contribution in [0.3, 0.4) is 0 Å². The second-order valence-corrected chi connectivity index (χ2v) is 8.57. The molecule has 4 N–H and O–H groups in total. The van der Waals surface area contributed by atoms with Crippen LogP contribution in [-0.4, -0.2) is 62.5 Å². The maximum absolute atomic E-state index is 12.3. The average molecular weight is 430 g/mol. The number of hydrogen-bond donors (Lipinski definition) is 4. The van der Waals surface area contributed by atoms with E-state index in [9.17, 15) is 24.9 Å². The number of hydrogen-bond acceptors (Lipinski definition) is 7. The molecule has 7 heteroatoms. The minimum atomic E-state index is -1.49. The van der Waals surface area contributed by atoms with E-state index in [4.69, 9.17) is 9.84 Å². The smallest absolute Gasteiger partial charge is 0.193 e. The van der Waals surface area contributed by atoms with Gasteiger partial charge in [-0.15, -0.1) is 0 Å². The SMILES string of the molecule is CC(C)(O)C(=O)c1ccc(C(OCC(O)CO)c2ccc(C(=O)C(C)(C)O)cc2)cc1. The molecule has 1 atom stereocenters. The van der Waals surface area contributed by atoms with Crippen LogP contribution >= 0.6 is 0 Å². The Morgan fingerprint density at radius 1 is 0.806 bits per heavy atom. The standard InChI is InChI=1S/C24H30O7/c1-23(2,29)21(27)17-9-5-15(6-10-17)20(31-14-19(26)13-25)16-7-11-18(12-8-16)22(28)24(3,4)30/h5-12,19-20,25-26,29-30H,13-14H2,1-4H3. The number of aliphatic hydroxyl groups is 4. The number of carbonyl (C=O) groups excluding carboxylic acids is 2. The van der Waals surface area contributed by atoms with Crippen LogP contribution in [0.5, 0.6) is 0 Å². The normalized spacial score (nSPS) is 13.3. The highest BCUT2D eigenvalue weighted by molar-refractivity contribution is 6.02. The van der Waals surface area contributed by atoms with E-state index < -0.39 is 41.6 Å². The fraction of sp³-hybridized carbons (Fsp3) is 0.417. The van der Waals surface area contributed by atoms with Crippen LogP contribution in [0, 0.1) is 0 Å². The summed E-state index contributed by atoms with van der Waals surface area (Å²) in [6, 6.07) is 13.1. The van der Waals surface area contributed by atoms with Crippen LogP contribution in [0.1, 0.15) is 65.6 Å². The second kappa shape index (κ2) is 9.80. The molecule has 0 aliphatic carbocycles. The first-order chi connectivity index (χ1) is 14.3. The number of aliphatic hydroxyl groups excluding tert-OH is 2. The van der Waals surface area contributed by atoms with Crippen molar-refractivity contribution in [3.8, 4) is 0 Å². The quantitative estimate of drug-likeness (QED) is 0.425. The van der Waals surface area contributed by atoms with Crippen molar-refractivity contribution in [2.75, 3.05) is 13.2 Å². The number of rotatable bonds is 10. The van der Waals surface area contributed by atoms with Crippen molar-refractivity contribution in [1.82, 2.24) is 0 Å². The first-order valence-corrected chi connectivity index (χ1v) is 9.99. The van der Waals surface area contributed by atoms with Crippen LogP contribution in [0.25, 0.3) is 0 Å². The van der Waals surface area contributed by atoms with Gasteiger partial charge in [-0.25, -0.2) is 0 Å². The zero-order valence-electron chi connectivity index (χ0n) is 18.2. The Hall–Kier alpha value is -2.42. The summed E-state index contributed by atoms with van der Waals surface area (Å²) in [7, 11) is 0. The largest absolute Gasteiger partial charge is 0.394 e. The Bertz CT molecular complexity index is 818. The van der Waals surface area contributed by atoms with E-state index in [2.05, 4.69) is 0 Å². The zero-order chi connectivity index (χ0) is 23.4. The third-order valence-corrected chi connectivity index (χ3v) is 4.73. The Kier molecular flexibility index (Phi) is 7.86. The van der Waals surface area contributed by atoms with Crippen molar-refractivity contribution in [3.63, 3.8) is 0 Å². The number of Topliss-reactive ketones (excluding diaryl/α,β-unsaturated/α-hetero) is 2. The van der Waals surface area contributed by atoms with Crippen molar-refractivity contribution in [2.24, 2.45) is 0 Å². The van der Waals surface area contributed by atoms with E-state index in [0.717, 1.165) is 0 Å². The molecule has 0 spiro atoms. The Morgan fingerprint density at radius 3 is 1.45 bits per heavy atom. The molecule has 168 valence electrons. The van der Waals surface area contributed by atoms with E-state index >= 15 is 0 Å². The van der Waals surface area contributed by atoms with Crippen LogP contribution in [0.2, 0.25) is 0 Å². The molecule has 0 heterocycles. The first-order valence-electron chi connectivity index (χ1n) is 9.99. The predicted molar refractivity (Wildman–Crippen MR) is 115 cm³/mol. The molecular formula is C24H30O7. The molecule has 0 amide bonds. The molecule has 0 aliphatic heterocycles. The van der Waals surface area contributed by atoms with Crippen LogP contribution in [0.15, 0.2) is 48.5 Å². The Balaban J connectivity index is 2.35. The lowest BCUT2D eigenvalue weighted by Gasteiger charge is -2.22. The van der Waals surface area contributed by atoms with Crippen LogP contribution < -0.4 is 0 Å². The molecule has 2 aromatic rings. The highest BCUT2D eigenvalue weighted by atomic mass is 16.5. The first kappa shape index (κ1) is 24.8. The summed E-state index contributed by atoms with van der Waals surface area (Å²) in [5, 5.41) is 38.6. The zero-order valence-corrected chi connectivity index (χ0v) is 18.2. The summed E-state index contributed by atoms with van der Waals surface area (Å²) in [5.74, 6) is -0.830. The topological polar surface area (TPSA) is 124 Å². The predicted octanol–water partition coefficient (Wildman–Crippen LogP) is 2.05. The molecule has 2 rings (SSSR count). The maximum atomic E-state index is 12.3. The van der Waals surface area contributed by atoms with Crippen LogP contribution in [0.4, 0.5) is 0 Å². The van der Waals surface area contributed by atoms with E-state index in [1.54, 1.807) is 48.5 Å². The second-order valence-electron chi connectivity index (χ2n) is 8.57. The number of benzene rings is 2. The third-order valence-electron chi connectivity index (χ3n) is 4.73. The monoisotopic (exact) mass is 430 g/mol. The Morgan fingerprint density at radius 2 is 1.16 bits per heavy atom. The van der Waals surface area contributed by atoms with Gasteiger partial charge in [-0.05, 0) is 38.8 Å². The van der Waals surface area contributed by atoms with Gasteiger partial charge in [-0.3, -0.25) is 9.59 Å². The minimum Gasteiger partial charge on any atom is -0.394 e. The Labute approximate surface area is 181 Å². The fourth-order valence-electron chi connectivity index (χ4n) is 2.97. The van der Waals surface area contributed by atoms with Gasteiger partial charge >= 0.3 is 0 Å². The molecule has 0 bridgehead atoms. The summed E-state index contributed by atoms with van der Waals surface area (Å²) in [6.07, 6.45) is -1.70. The molecule has 31 heavy (non-hydrogen) atoms. The summed E-state index contributed by atoms with van der Waals surface area (Å²) >= 11 is 0. The van der Waals surface area contributed by atoms with Crippen molar-refractivity contribution < 1.29 is 34.8 Å². The van der Waals surface area contributed by atoms with Gasteiger partial charge in [0.1, 0.15) is 23.4 Å². The highest BCUT2D eigenvalue weighted by Gasteiger charge is 2.27. The molecule has 0 saturated carbocycles. The van der Waals surface area contributed by atoms with Crippen molar-refractivity contribution in [3.05, 3.63) is 70.8 Å². The lowest BCUT2D eigenvalue weighted by molar-refractivity contribution is -0.0168. The van der Waals surface area contributed by atoms with Gasteiger partial charge < -0.3 is 25.2 Å². The molecule has 0 saturated heterocycles. The van der Waals surface area contributed by atoms with E-state index in [1.807, 2.05) is 0 Å². The van der Waals surface area contributed by atoms with E-state index in [0.29, 0.717) is 22.3 Å². The van der Waals surface area contributed by atoms with Crippen molar-refractivity contribution in [1.29, 1.82) is 0 Å². The highest BCUT2D eigenvalue weighted by Crippen LogP contribution is 2.28. The summed E-state index contributed by atoms with van der Waals surface area (Å²) in [4.78, 5) is 24.5. The molecule has 0 radical (unpaired) electrons. The number of ketones is 2. The average Bonchev–Trinajstić information content (AvgIpc) is 2.72. The van der Waals surface area contributed by atoms with Gasteiger partial charge in [0.25, 0.3) is 0 Å². The van der Waals surface area contributed by atoms with Crippen LogP contribution in [-0.2, 0) is 4.74 Å². The number of ether oxygens (including phenoxy) is 1. The molecule has 1 unspecified atom stereocenters. The summed E-state index contributed by atoms with van der Waals surface area (Å²) < 4.78 is 5.82. The molecule has 2 aromatic carbocycles. The van der Waals surface area contributed by atoms with Crippen molar-refractivity contribution in [2.45, 2.75) is 51.1 Å². The third kappa shape index (κ3) is 6.53. The van der Waals surface area contributed by atoms with Gasteiger partial charge in [0.15, 0.2) is 11.6 Å².